The molecule has 0 aromatic carbocycles. The molecule has 3 aliphatic rings. The highest BCUT2D eigenvalue weighted by molar-refractivity contribution is 4.94. The van der Waals surface area contributed by atoms with Gasteiger partial charge in [0.25, 0.3) is 0 Å². The summed E-state index contributed by atoms with van der Waals surface area (Å²) in [6.07, 6.45) is 4.93. The normalized spacial score (nSPS) is 41.8. The Morgan fingerprint density at radius 2 is 2.07 bits per heavy atom. The van der Waals surface area contributed by atoms with Crippen molar-refractivity contribution in [3.8, 4) is 0 Å². The zero-order valence-electron chi connectivity index (χ0n) is 8.87. The lowest BCUT2D eigenvalue weighted by Crippen LogP contribution is -2.50. The maximum absolute atomic E-state index is 5.56. The van der Waals surface area contributed by atoms with Gasteiger partial charge in [0.2, 0.25) is 0 Å². The third kappa shape index (κ3) is 1.47. The predicted octanol–water partition coefficient (Wildman–Crippen LogP) is 1.23. The summed E-state index contributed by atoms with van der Waals surface area (Å²) in [5, 5.41) is 0. The Hall–Kier alpha value is -0.120. The highest BCUT2D eigenvalue weighted by Gasteiger charge is 2.47. The minimum atomic E-state index is 0.422. The van der Waals surface area contributed by atoms with Crippen molar-refractivity contribution in [1.29, 1.82) is 0 Å². The number of epoxide rings is 1. The summed E-state index contributed by atoms with van der Waals surface area (Å²) in [5.41, 5.74) is 0.488. The molecule has 3 fully saturated rings. The van der Waals surface area contributed by atoms with Crippen LogP contribution in [0.25, 0.3) is 0 Å². The van der Waals surface area contributed by atoms with Crippen LogP contribution >= 0.6 is 0 Å². The van der Waals surface area contributed by atoms with E-state index in [9.17, 15) is 0 Å². The van der Waals surface area contributed by atoms with E-state index in [1.54, 1.807) is 0 Å². The first-order chi connectivity index (χ1) is 6.79. The van der Waals surface area contributed by atoms with Crippen LogP contribution in [0.4, 0.5) is 0 Å². The Labute approximate surface area is 85.4 Å². The molecular formula is C11H19NO2. The Bertz CT molecular complexity index is 227. The van der Waals surface area contributed by atoms with Gasteiger partial charge in [0.05, 0.1) is 19.3 Å². The summed E-state index contributed by atoms with van der Waals surface area (Å²) in [5.74, 6) is 0. The third-order valence-corrected chi connectivity index (χ3v) is 3.80. The van der Waals surface area contributed by atoms with Gasteiger partial charge in [-0.2, -0.15) is 0 Å². The first-order valence-electron chi connectivity index (χ1n) is 5.76. The van der Waals surface area contributed by atoms with E-state index in [0.717, 1.165) is 13.2 Å². The average molecular weight is 197 g/mol. The van der Waals surface area contributed by atoms with Crippen LogP contribution < -0.4 is 0 Å². The molecule has 2 unspecified atom stereocenters. The molecule has 3 aliphatic heterocycles. The van der Waals surface area contributed by atoms with Gasteiger partial charge in [0.15, 0.2) is 0 Å². The summed E-state index contributed by atoms with van der Waals surface area (Å²) in [6, 6.07) is 0. The number of hydrogen-bond acceptors (Lipinski definition) is 3. The lowest BCUT2D eigenvalue weighted by atomic mass is 9.81. The second-order valence-electron chi connectivity index (χ2n) is 5.15. The Morgan fingerprint density at radius 3 is 2.64 bits per heavy atom. The molecule has 0 saturated carbocycles. The van der Waals surface area contributed by atoms with Crippen molar-refractivity contribution < 1.29 is 9.47 Å². The second-order valence-corrected chi connectivity index (χ2v) is 5.15. The molecule has 3 heterocycles. The van der Waals surface area contributed by atoms with Gasteiger partial charge in [-0.15, -0.1) is 0 Å². The lowest BCUT2D eigenvalue weighted by molar-refractivity contribution is -0.129. The van der Waals surface area contributed by atoms with E-state index >= 15 is 0 Å². The van der Waals surface area contributed by atoms with E-state index < -0.39 is 0 Å². The number of hydrogen-bond donors (Lipinski definition) is 0. The molecular weight excluding hydrogens is 178 g/mol. The molecule has 3 heteroatoms. The van der Waals surface area contributed by atoms with Gasteiger partial charge in [0, 0.05) is 18.5 Å². The quantitative estimate of drug-likeness (QED) is 0.591. The van der Waals surface area contributed by atoms with Gasteiger partial charge in [-0.1, -0.05) is 6.42 Å². The Balaban J connectivity index is 1.67. The van der Waals surface area contributed by atoms with Crippen LogP contribution in [-0.4, -0.2) is 43.5 Å². The van der Waals surface area contributed by atoms with E-state index in [0.29, 0.717) is 17.7 Å². The van der Waals surface area contributed by atoms with E-state index in [2.05, 4.69) is 11.8 Å². The van der Waals surface area contributed by atoms with Crippen LogP contribution in [-0.2, 0) is 9.47 Å². The molecule has 0 bridgehead atoms. The van der Waals surface area contributed by atoms with Crippen LogP contribution in [0, 0.1) is 5.41 Å². The molecule has 3 rings (SSSR count). The van der Waals surface area contributed by atoms with Gasteiger partial charge in [-0.3, -0.25) is 4.90 Å². The molecule has 0 amide bonds. The molecule has 0 aliphatic carbocycles. The Morgan fingerprint density at radius 1 is 1.29 bits per heavy atom. The molecule has 0 aromatic rings. The van der Waals surface area contributed by atoms with Gasteiger partial charge in [-0.25, -0.2) is 0 Å². The first kappa shape index (κ1) is 9.13. The van der Waals surface area contributed by atoms with Gasteiger partial charge in [0.1, 0.15) is 6.23 Å². The summed E-state index contributed by atoms with van der Waals surface area (Å²) in [7, 11) is 0. The summed E-state index contributed by atoms with van der Waals surface area (Å²) in [6.45, 7) is 6.54. The van der Waals surface area contributed by atoms with Gasteiger partial charge in [-0.05, 0) is 19.8 Å². The number of likely N-dealkylation sites (tertiary alicyclic amines) is 1. The summed E-state index contributed by atoms with van der Waals surface area (Å²) < 4.78 is 10.9. The van der Waals surface area contributed by atoms with Crippen LogP contribution in [0.5, 0.6) is 0 Å². The third-order valence-electron chi connectivity index (χ3n) is 3.80. The van der Waals surface area contributed by atoms with E-state index in [4.69, 9.17) is 9.47 Å². The van der Waals surface area contributed by atoms with Crippen LogP contribution in [0.2, 0.25) is 0 Å². The molecule has 80 valence electrons. The van der Waals surface area contributed by atoms with Gasteiger partial charge >= 0.3 is 0 Å². The van der Waals surface area contributed by atoms with Crippen LogP contribution in [0.3, 0.4) is 0 Å². The van der Waals surface area contributed by atoms with Crippen LogP contribution in [0.1, 0.15) is 26.2 Å². The molecule has 3 saturated heterocycles. The summed E-state index contributed by atoms with van der Waals surface area (Å²) in [4.78, 5) is 2.53. The molecule has 2 atom stereocenters. The van der Waals surface area contributed by atoms with Crippen molar-refractivity contribution in [3.63, 3.8) is 0 Å². The maximum Gasteiger partial charge on any atom is 0.137 e. The van der Waals surface area contributed by atoms with E-state index in [-0.39, 0.29) is 0 Å². The zero-order valence-corrected chi connectivity index (χ0v) is 8.87. The monoisotopic (exact) mass is 197 g/mol. The van der Waals surface area contributed by atoms with Crippen molar-refractivity contribution in [2.75, 3.05) is 26.3 Å². The number of ether oxygens (including phenoxy) is 2. The first-order valence-corrected chi connectivity index (χ1v) is 5.76. The minimum Gasteiger partial charge on any atom is -0.380 e. The van der Waals surface area contributed by atoms with E-state index in [1.165, 1.54) is 32.4 Å². The fraction of sp³-hybridized carbons (Fsp3) is 1.00. The highest BCUT2D eigenvalue weighted by Crippen LogP contribution is 2.39. The topological polar surface area (TPSA) is 25.0 Å². The maximum atomic E-state index is 5.56. The minimum absolute atomic E-state index is 0.422. The fourth-order valence-corrected chi connectivity index (χ4v) is 2.80. The lowest BCUT2D eigenvalue weighted by Gasteiger charge is -2.43. The molecule has 0 aromatic heterocycles. The molecule has 0 radical (unpaired) electrons. The summed E-state index contributed by atoms with van der Waals surface area (Å²) >= 11 is 0. The largest absolute Gasteiger partial charge is 0.380 e. The fourth-order valence-electron chi connectivity index (χ4n) is 2.80. The number of rotatable bonds is 1. The highest BCUT2D eigenvalue weighted by atomic mass is 16.6. The van der Waals surface area contributed by atoms with Crippen LogP contribution in [0.15, 0.2) is 0 Å². The standard InChI is InChI=1S/C11H19NO2/c1-9-10(14-9)12-5-3-2-4-11(6-12)7-13-8-11/h9-10H,2-8H2,1H3. The van der Waals surface area contributed by atoms with Crippen molar-refractivity contribution >= 4 is 0 Å². The van der Waals surface area contributed by atoms with Crippen molar-refractivity contribution in [2.24, 2.45) is 5.41 Å². The predicted molar refractivity (Wildman–Crippen MR) is 53.0 cm³/mol. The van der Waals surface area contributed by atoms with E-state index in [1.807, 2.05) is 0 Å². The molecule has 0 N–H and O–H groups in total. The molecule has 14 heavy (non-hydrogen) atoms. The molecule has 1 spiro atoms. The van der Waals surface area contributed by atoms with Crippen molar-refractivity contribution in [3.05, 3.63) is 0 Å². The SMILES string of the molecule is CC1OC1N1CCCCC2(COC2)C1. The van der Waals surface area contributed by atoms with Gasteiger partial charge < -0.3 is 9.47 Å². The average Bonchev–Trinajstić information content (AvgIpc) is 2.84. The number of nitrogens with zero attached hydrogens (tertiary/aromatic N) is 1. The molecule has 3 nitrogen and oxygen atoms in total. The second kappa shape index (κ2) is 3.19. The zero-order chi connectivity index (χ0) is 9.60. The smallest absolute Gasteiger partial charge is 0.137 e. The van der Waals surface area contributed by atoms with Crippen molar-refractivity contribution in [2.45, 2.75) is 38.5 Å². The Kier molecular flexibility index (Phi) is 2.08. The van der Waals surface area contributed by atoms with Crippen molar-refractivity contribution in [1.82, 2.24) is 4.90 Å².